The van der Waals surface area contributed by atoms with E-state index in [0.29, 0.717) is 6.54 Å². The minimum atomic E-state index is -0.0487. The summed E-state index contributed by atoms with van der Waals surface area (Å²) < 4.78 is 4.94. The number of carbonyl (C=O) groups excluding carboxylic acids is 1. The molecule has 1 aromatic heterocycles. The molecule has 3 heteroatoms. The van der Waals surface area contributed by atoms with Crippen LogP contribution >= 0.6 is 0 Å². The Morgan fingerprint density at radius 3 is 2.82 bits per heavy atom. The SMILES string of the molecule is Cc1cccc(C(=O)NCc2ccoc2)c1C. The predicted molar refractivity (Wildman–Crippen MR) is 65.8 cm³/mol. The van der Waals surface area contributed by atoms with Crippen LogP contribution in [0.25, 0.3) is 0 Å². The smallest absolute Gasteiger partial charge is 0.251 e. The zero-order valence-corrected chi connectivity index (χ0v) is 9.99. The van der Waals surface area contributed by atoms with Gasteiger partial charge in [0.15, 0.2) is 0 Å². The summed E-state index contributed by atoms with van der Waals surface area (Å²) in [4.78, 5) is 12.0. The molecule has 0 saturated heterocycles. The molecule has 1 aromatic carbocycles. The van der Waals surface area contributed by atoms with Crippen LogP contribution in [0, 0.1) is 13.8 Å². The van der Waals surface area contributed by atoms with E-state index in [4.69, 9.17) is 4.42 Å². The highest BCUT2D eigenvalue weighted by Gasteiger charge is 2.09. The maximum absolute atomic E-state index is 12.0. The zero-order valence-electron chi connectivity index (χ0n) is 9.99. The minimum absolute atomic E-state index is 0.0487. The Morgan fingerprint density at radius 2 is 2.12 bits per heavy atom. The molecule has 0 bridgehead atoms. The minimum Gasteiger partial charge on any atom is -0.472 e. The molecule has 0 radical (unpaired) electrons. The monoisotopic (exact) mass is 229 g/mol. The lowest BCUT2D eigenvalue weighted by Crippen LogP contribution is -2.23. The van der Waals surface area contributed by atoms with Crippen LogP contribution in [0.15, 0.2) is 41.2 Å². The van der Waals surface area contributed by atoms with Crippen molar-refractivity contribution in [3.8, 4) is 0 Å². The lowest BCUT2D eigenvalue weighted by Gasteiger charge is -2.08. The molecule has 17 heavy (non-hydrogen) atoms. The predicted octanol–water partition coefficient (Wildman–Crippen LogP) is 2.83. The molecule has 0 fully saturated rings. The second-order valence-corrected chi connectivity index (χ2v) is 4.06. The first-order valence-corrected chi connectivity index (χ1v) is 5.54. The van der Waals surface area contributed by atoms with Gasteiger partial charge >= 0.3 is 0 Å². The molecule has 88 valence electrons. The van der Waals surface area contributed by atoms with Crippen LogP contribution in [0.2, 0.25) is 0 Å². The molecule has 1 amide bonds. The molecule has 0 aliphatic carbocycles. The maximum atomic E-state index is 12.0. The van der Waals surface area contributed by atoms with Crippen molar-refractivity contribution in [2.75, 3.05) is 0 Å². The molecule has 0 saturated carbocycles. The number of aryl methyl sites for hydroxylation is 1. The second kappa shape index (κ2) is 4.87. The summed E-state index contributed by atoms with van der Waals surface area (Å²) in [5.41, 5.74) is 3.84. The van der Waals surface area contributed by atoms with Gasteiger partial charge in [-0.05, 0) is 37.1 Å². The molecule has 2 aromatic rings. The van der Waals surface area contributed by atoms with Crippen molar-refractivity contribution < 1.29 is 9.21 Å². The van der Waals surface area contributed by atoms with Crippen molar-refractivity contribution in [2.24, 2.45) is 0 Å². The Balaban J connectivity index is 2.07. The zero-order chi connectivity index (χ0) is 12.3. The number of furan rings is 1. The molecule has 1 heterocycles. The average Bonchev–Trinajstić information content (AvgIpc) is 2.82. The van der Waals surface area contributed by atoms with E-state index in [1.54, 1.807) is 12.5 Å². The summed E-state index contributed by atoms with van der Waals surface area (Å²) in [5, 5.41) is 2.87. The standard InChI is InChI=1S/C14H15NO2/c1-10-4-3-5-13(11(10)2)14(16)15-8-12-6-7-17-9-12/h3-7,9H,8H2,1-2H3,(H,15,16). The Bertz CT molecular complexity index is 515. The van der Waals surface area contributed by atoms with Gasteiger partial charge < -0.3 is 9.73 Å². The molecular formula is C14H15NO2. The summed E-state index contributed by atoms with van der Waals surface area (Å²) in [5.74, 6) is -0.0487. The number of benzene rings is 1. The van der Waals surface area contributed by atoms with E-state index in [1.807, 2.05) is 38.1 Å². The fourth-order valence-corrected chi connectivity index (χ4v) is 1.67. The Kier molecular flexibility index (Phi) is 3.28. The van der Waals surface area contributed by atoms with E-state index in [9.17, 15) is 4.79 Å². The van der Waals surface area contributed by atoms with E-state index in [2.05, 4.69) is 5.32 Å². The second-order valence-electron chi connectivity index (χ2n) is 4.06. The molecule has 0 atom stereocenters. The van der Waals surface area contributed by atoms with Crippen molar-refractivity contribution in [2.45, 2.75) is 20.4 Å². The number of hydrogen-bond donors (Lipinski definition) is 1. The van der Waals surface area contributed by atoms with E-state index in [1.165, 1.54) is 0 Å². The van der Waals surface area contributed by atoms with Gasteiger partial charge in [0.1, 0.15) is 0 Å². The van der Waals surface area contributed by atoms with Crippen molar-refractivity contribution in [3.63, 3.8) is 0 Å². The van der Waals surface area contributed by atoms with Gasteiger partial charge in [0, 0.05) is 17.7 Å². The lowest BCUT2D eigenvalue weighted by atomic mass is 10.0. The van der Waals surface area contributed by atoms with Gasteiger partial charge in [-0.15, -0.1) is 0 Å². The van der Waals surface area contributed by atoms with Gasteiger partial charge in [-0.1, -0.05) is 12.1 Å². The van der Waals surface area contributed by atoms with Gasteiger partial charge in [0.25, 0.3) is 5.91 Å². The van der Waals surface area contributed by atoms with Gasteiger partial charge in [0.2, 0.25) is 0 Å². The van der Waals surface area contributed by atoms with Crippen molar-refractivity contribution in [1.82, 2.24) is 5.32 Å². The number of rotatable bonds is 3. The molecule has 2 rings (SSSR count). The topological polar surface area (TPSA) is 42.2 Å². The first-order chi connectivity index (χ1) is 8.18. The molecule has 1 N–H and O–H groups in total. The molecule has 0 spiro atoms. The van der Waals surface area contributed by atoms with Gasteiger partial charge in [-0.3, -0.25) is 4.79 Å². The summed E-state index contributed by atoms with van der Waals surface area (Å²) in [6.45, 7) is 4.45. The lowest BCUT2D eigenvalue weighted by molar-refractivity contribution is 0.0950. The van der Waals surface area contributed by atoms with E-state index in [-0.39, 0.29) is 5.91 Å². The van der Waals surface area contributed by atoms with Crippen molar-refractivity contribution >= 4 is 5.91 Å². The molecule has 0 aliphatic heterocycles. The van der Waals surface area contributed by atoms with Crippen LogP contribution in [0.1, 0.15) is 27.0 Å². The van der Waals surface area contributed by atoms with Crippen LogP contribution in [0.3, 0.4) is 0 Å². The van der Waals surface area contributed by atoms with E-state index >= 15 is 0 Å². The van der Waals surface area contributed by atoms with Gasteiger partial charge in [-0.25, -0.2) is 0 Å². The molecular weight excluding hydrogens is 214 g/mol. The van der Waals surface area contributed by atoms with Crippen LogP contribution < -0.4 is 5.32 Å². The number of hydrogen-bond acceptors (Lipinski definition) is 2. The third-order valence-electron chi connectivity index (χ3n) is 2.88. The average molecular weight is 229 g/mol. The van der Waals surface area contributed by atoms with E-state index in [0.717, 1.165) is 22.3 Å². The molecule has 0 aliphatic rings. The largest absolute Gasteiger partial charge is 0.472 e. The first-order valence-electron chi connectivity index (χ1n) is 5.54. The van der Waals surface area contributed by atoms with Gasteiger partial charge in [0.05, 0.1) is 12.5 Å². The first kappa shape index (κ1) is 11.5. The summed E-state index contributed by atoms with van der Waals surface area (Å²) in [6, 6.07) is 7.58. The Morgan fingerprint density at radius 1 is 1.29 bits per heavy atom. The fourth-order valence-electron chi connectivity index (χ4n) is 1.67. The molecule has 0 unspecified atom stereocenters. The number of carbonyl (C=O) groups is 1. The highest BCUT2D eigenvalue weighted by atomic mass is 16.3. The normalized spacial score (nSPS) is 10.2. The number of amides is 1. The Labute approximate surface area is 100 Å². The number of nitrogens with one attached hydrogen (secondary N) is 1. The van der Waals surface area contributed by atoms with E-state index < -0.39 is 0 Å². The highest BCUT2D eigenvalue weighted by molar-refractivity contribution is 5.95. The molecule has 3 nitrogen and oxygen atoms in total. The maximum Gasteiger partial charge on any atom is 0.251 e. The summed E-state index contributed by atoms with van der Waals surface area (Å²) in [6.07, 6.45) is 3.22. The van der Waals surface area contributed by atoms with Gasteiger partial charge in [-0.2, -0.15) is 0 Å². The fraction of sp³-hybridized carbons (Fsp3) is 0.214. The third kappa shape index (κ3) is 2.56. The van der Waals surface area contributed by atoms with Crippen LogP contribution in [-0.4, -0.2) is 5.91 Å². The highest BCUT2D eigenvalue weighted by Crippen LogP contribution is 2.12. The van der Waals surface area contributed by atoms with Crippen LogP contribution in [0.4, 0.5) is 0 Å². The summed E-state index contributed by atoms with van der Waals surface area (Å²) >= 11 is 0. The van der Waals surface area contributed by atoms with Crippen molar-refractivity contribution in [3.05, 3.63) is 59.0 Å². The van der Waals surface area contributed by atoms with Crippen LogP contribution in [-0.2, 0) is 6.54 Å². The third-order valence-corrected chi connectivity index (χ3v) is 2.88. The quantitative estimate of drug-likeness (QED) is 0.879. The summed E-state index contributed by atoms with van der Waals surface area (Å²) in [7, 11) is 0. The Hall–Kier alpha value is -2.03. The van der Waals surface area contributed by atoms with Crippen LogP contribution in [0.5, 0.6) is 0 Å². The van der Waals surface area contributed by atoms with Crippen molar-refractivity contribution in [1.29, 1.82) is 0 Å².